The molecule has 0 saturated carbocycles. The van der Waals surface area contributed by atoms with Gasteiger partial charge in [0.15, 0.2) is 0 Å². The number of rotatable bonds is 18. The topological polar surface area (TPSA) is 74.6 Å². The summed E-state index contributed by atoms with van der Waals surface area (Å²) in [5.74, 6) is -2.07. The molecule has 1 aromatic carbocycles. The number of hydrogen-bond acceptors (Lipinski definition) is 4. The Bertz CT molecular complexity index is 1080. The van der Waals surface area contributed by atoms with Crippen molar-refractivity contribution in [3.05, 3.63) is 57.3 Å². The van der Waals surface area contributed by atoms with Crippen LogP contribution in [0.1, 0.15) is 123 Å². The maximum Gasteiger partial charge on any atom is 0.336 e. The summed E-state index contributed by atoms with van der Waals surface area (Å²) in [6.07, 6.45) is 16.7. The molecule has 2 heterocycles. The van der Waals surface area contributed by atoms with Gasteiger partial charge in [0.1, 0.15) is 0 Å². The number of hydrogen-bond donors (Lipinski definition) is 2. The Morgan fingerprint density at radius 3 is 1.32 bits per heavy atom. The zero-order valence-corrected chi connectivity index (χ0v) is 24.5. The van der Waals surface area contributed by atoms with E-state index in [1.165, 1.54) is 98.0 Å². The second-order valence-corrected chi connectivity index (χ2v) is 12.1. The molecule has 0 unspecified atom stereocenters. The molecule has 0 aliphatic carbocycles. The molecule has 3 rings (SSSR count). The van der Waals surface area contributed by atoms with Crippen LogP contribution in [-0.2, 0) is 12.8 Å². The molecule has 0 bridgehead atoms. The summed E-state index contributed by atoms with van der Waals surface area (Å²) in [7, 11) is 0. The molecule has 38 heavy (non-hydrogen) atoms. The highest BCUT2D eigenvalue weighted by Crippen LogP contribution is 2.38. The Morgan fingerprint density at radius 1 is 0.579 bits per heavy atom. The Labute approximate surface area is 235 Å². The average molecular weight is 555 g/mol. The van der Waals surface area contributed by atoms with Gasteiger partial charge in [-0.25, -0.2) is 9.59 Å². The number of benzene rings is 1. The van der Waals surface area contributed by atoms with Crippen molar-refractivity contribution in [1.82, 2.24) is 0 Å². The predicted octanol–water partition coefficient (Wildman–Crippen LogP) is 10.3. The van der Waals surface area contributed by atoms with Crippen LogP contribution in [0.4, 0.5) is 0 Å². The molecule has 4 nitrogen and oxygen atoms in total. The number of carbonyl (C=O) groups is 2. The lowest BCUT2D eigenvalue weighted by Gasteiger charge is -2.11. The minimum Gasteiger partial charge on any atom is -0.478 e. The molecule has 0 atom stereocenters. The van der Waals surface area contributed by atoms with E-state index >= 15 is 0 Å². The summed E-state index contributed by atoms with van der Waals surface area (Å²) < 4.78 is 0. The number of carboxylic acid groups (broad SMARTS) is 2. The molecular weight excluding hydrogens is 512 g/mol. The van der Waals surface area contributed by atoms with E-state index in [-0.39, 0.29) is 11.1 Å². The van der Waals surface area contributed by atoms with E-state index in [1.807, 2.05) is 12.1 Å². The van der Waals surface area contributed by atoms with Crippen molar-refractivity contribution in [3.8, 4) is 20.9 Å². The highest BCUT2D eigenvalue weighted by molar-refractivity contribution is 7.14. The lowest BCUT2D eigenvalue weighted by Crippen LogP contribution is -2.05. The van der Waals surface area contributed by atoms with Crippen molar-refractivity contribution in [3.63, 3.8) is 0 Å². The van der Waals surface area contributed by atoms with E-state index in [4.69, 9.17) is 0 Å². The van der Waals surface area contributed by atoms with Gasteiger partial charge in [0.25, 0.3) is 0 Å². The number of aryl methyl sites for hydroxylation is 2. The number of aromatic carboxylic acids is 2. The third-order valence-corrected chi connectivity index (χ3v) is 9.12. The van der Waals surface area contributed by atoms with Gasteiger partial charge in [-0.15, -0.1) is 22.7 Å². The highest BCUT2D eigenvalue weighted by Gasteiger charge is 2.22. The summed E-state index contributed by atoms with van der Waals surface area (Å²) >= 11 is 2.99. The molecule has 0 amide bonds. The van der Waals surface area contributed by atoms with Gasteiger partial charge < -0.3 is 10.2 Å². The minimum atomic E-state index is -1.03. The lowest BCUT2D eigenvalue weighted by molar-refractivity contribution is 0.0682. The van der Waals surface area contributed by atoms with Crippen LogP contribution in [-0.4, -0.2) is 22.2 Å². The summed E-state index contributed by atoms with van der Waals surface area (Å²) in [5, 5.41) is 24.3. The largest absolute Gasteiger partial charge is 0.478 e. The van der Waals surface area contributed by atoms with Gasteiger partial charge in [0, 0.05) is 20.9 Å². The molecule has 0 fully saturated rings. The number of thiophene rings is 2. The maximum atomic E-state index is 12.3. The molecule has 206 valence electrons. The molecule has 2 aromatic heterocycles. The van der Waals surface area contributed by atoms with E-state index < -0.39 is 11.9 Å². The maximum absolute atomic E-state index is 12.3. The zero-order valence-electron chi connectivity index (χ0n) is 22.9. The molecule has 0 aliphatic rings. The van der Waals surface area contributed by atoms with Gasteiger partial charge in [-0.3, -0.25) is 0 Å². The van der Waals surface area contributed by atoms with Crippen LogP contribution in [0.25, 0.3) is 20.9 Å². The van der Waals surface area contributed by atoms with E-state index in [0.717, 1.165) is 35.4 Å². The summed E-state index contributed by atoms with van der Waals surface area (Å²) in [4.78, 5) is 26.2. The van der Waals surface area contributed by atoms with E-state index in [1.54, 1.807) is 12.1 Å². The quantitative estimate of drug-likeness (QED) is 0.153. The first kappa shape index (κ1) is 30.1. The molecule has 0 saturated heterocycles. The van der Waals surface area contributed by atoms with Crippen LogP contribution in [0, 0.1) is 0 Å². The normalized spacial score (nSPS) is 11.2. The van der Waals surface area contributed by atoms with Crippen molar-refractivity contribution >= 4 is 34.6 Å². The van der Waals surface area contributed by atoms with Gasteiger partial charge in [0.2, 0.25) is 0 Å². The van der Waals surface area contributed by atoms with Crippen LogP contribution in [0.5, 0.6) is 0 Å². The predicted molar refractivity (Wildman–Crippen MR) is 161 cm³/mol. The molecule has 2 N–H and O–H groups in total. The standard InChI is InChI=1S/C32H42O4S2/c1-3-5-7-9-11-13-15-23-17-29(37-21-23)25-19-28(32(35)36)26(20-27(25)31(33)34)30-18-24(22-38-30)16-14-12-10-8-6-4-2/h17-22H,3-16H2,1-2H3,(H,33,34)(H,35,36). The molecule has 0 aliphatic heterocycles. The second-order valence-electron chi connectivity index (χ2n) is 10.2. The van der Waals surface area contributed by atoms with Crippen LogP contribution >= 0.6 is 22.7 Å². The van der Waals surface area contributed by atoms with Gasteiger partial charge in [-0.05, 0) is 71.8 Å². The van der Waals surface area contributed by atoms with Gasteiger partial charge >= 0.3 is 11.9 Å². The van der Waals surface area contributed by atoms with Crippen molar-refractivity contribution in [2.75, 3.05) is 0 Å². The fraction of sp³-hybridized carbons (Fsp3) is 0.500. The van der Waals surface area contributed by atoms with Crippen LogP contribution < -0.4 is 0 Å². The molecule has 3 aromatic rings. The Kier molecular flexibility index (Phi) is 12.6. The smallest absolute Gasteiger partial charge is 0.336 e. The molecular formula is C32H42O4S2. The third kappa shape index (κ3) is 8.81. The molecule has 0 spiro atoms. The zero-order chi connectivity index (χ0) is 27.3. The van der Waals surface area contributed by atoms with Crippen LogP contribution in [0.15, 0.2) is 35.0 Å². The van der Waals surface area contributed by atoms with Crippen LogP contribution in [0.3, 0.4) is 0 Å². The van der Waals surface area contributed by atoms with Crippen molar-refractivity contribution < 1.29 is 19.8 Å². The number of unbranched alkanes of at least 4 members (excludes halogenated alkanes) is 10. The monoisotopic (exact) mass is 554 g/mol. The fourth-order valence-corrected chi connectivity index (χ4v) is 6.84. The van der Waals surface area contributed by atoms with Crippen molar-refractivity contribution in [1.29, 1.82) is 0 Å². The minimum absolute atomic E-state index is 0.156. The highest BCUT2D eigenvalue weighted by atomic mass is 32.1. The van der Waals surface area contributed by atoms with Crippen molar-refractivity contribution in [2.45, 2.75) is 104 Å². The fourth-order valence-electron chi connectivity index (χ4n) is 4.88. The Morgan fingerprint density at radius 2 is 0.947 bits per heavy atom. The first-order chi connectivity index (χ1) is 18.4. The average Bonchev–Trinajstić information content (AvgIpc) is 3.57. The first-order valence-electron chi connectivity index (χ1n) is 14.2. The summed E-state index contributed by atoms with van der Waals surface area (Å²) in [5.41, 5.74) is 3.67. The van der Waals surface area contributed by atoms with E-state index in [9.17, 15) is 19.8 Å². The Balaban J connectivity index is 1.77. The first-order valence-corrected chi connectivity index (χ1v) is 16.0. The van der Waals surface area contributed by atoms with E-state index in [0.29, 0.717) is 11.1 Å². The SMILES string of the molecule is CCCCCCCCc1csc(-c2cc(C(=O)O)c(-c3cc(CCCCCCCC)cs3)cc2C(=O)O)c1. The van der Waals surface area contributed by atoms with Crippen molar-refractivity contribution in [2.24, 2.45) is 0 Å². The Hall–Kier alpha value is -2.44. The van der Waals surface area contributed by atoms with E-state index in [2.05, 4.69) is 24.6 Å². The molecule has 0 radical (unpaired) electrons. The third-order valence-electron chi connectivity index (χ3n) is 7.09. The lowest BCUT2D eigenvalue weighted by atomic mass is 9.95. The van der Waals surface area contributed by atoms with Crippen LogP contribution in [0.2, 0.25) is 0 Å². The molecule has 6 heteroatoms. The summed E-state index contributed by atoms with van der Waals surface area (Å²) in [6, 6.07) is 7.20. The number of carboxylic acids is 2. The summed E-state index contributed by atoms with van der Waals surface area (Å²) in [6.45, 7) is 4.44. The second kappa shape index (κ2) is 15.8. The van der Waals surface area contributed by atoms with Gasteiger partial charge in [0.05, 0.1) is 11.1 Å². The van der Waals surface area contributed by atoms with Gasteiger partial charge in [-0.2, -0.15) is 0 Å². The van der Waals surface area contributed by atoms with Gasteiger partial charge in [-0.1, -0.05) is 78.1 Å².